The van der Waals surface area contributed by atoms with Crippen molar-refractivity contribution in [1.82, 2.24) is 9.88 Å². The van der Waals surface area contributed by atoms with Crippen molar-refractivity contribution in [2.75, 3.05) is 13.1 Å². The Balaban J connectivity index is 2.06. The Morgan fingerprint density at radius 3 is 2.53 bits per heavy atom. The number of likely N-dealkylation sites (tertiary alicyclic amines) is 1. The maximum atomic E-state index is 12.0. The van der Waals surface area contributed by atoms with E-state index in [1.54, 1.807) is 12.4 Å². The van der Waals surface area contributed by atoms with Gasteiger partial charge in [-0.3, -0.25) is 9.78 Å². The molecule has 1 aliphatic rings. The highest BCUT2D eigenvalue weighted by atomic mass is 16.2. The molecule has 0 atom stereocenters. The molecular formula is C12H16N2O. The molecule has 1 aromatic rings. The normalized spacial score (nSPS) is 17.2. The number of rotatable bonds is 1. The van der Waals surface area contributed by atoms with E-state index in [4.69, 9.17) is 0 Å². The Bertz CT molecular complexity index is 316. The number of carbonyl (C=O) groups is 1. The lowest BCUT2D eigenvalue weighted by Crippen LogP contribution is -2.31. The molecule has 0 radical (unpaired) electrons. The Labute approximate surface area is 90.1 Å². The summed E-state index contributed by atoms with van der Waals surface area (Å²) >= 11 is 0. The Kier molecular flexibility index (Phi) is 3.33. The molecule has 2 rings (SSSR count). The molecule has 0 saturated carbocycles. The van der Waals surface area contributed by atoms with E-state index in [0.717, 1.165) is 25.9 Å². The van der Waals surface area contributed by atoms with E-state index in [2.05, 4.69) is 4.98 Å². The second kappa shape index (κ2) is 4.91. The van der Waals surface area contributed by atoms with Crippen LogP contribution in [0.4, 0.5) is 0 Å². The largest absolute Gasteiger partial charge is 0.339 e. The first kappa shape index (κ1) is 10.1. The average Bonchev–Trinajstić information content (AvgIpc) is 2.58. The zero-order valence-corrected chi connectivity index (χ0v) is 8.85. The fourth-order valence-corrected chi connectivity index (χ4v) is 1.95. The van der Waals surface area contributed by atoms with Crippen molar-refractivity contribution in [1.29, 1.82) is 0 Å². The summed E-state index contributed by atoms with van der Waals surface area (Å²) in [7, 11) is 0. The fraction of sp³-hybridized carbons (Fsp3) is 0.500. The first-order valence-corrected chi connectivity index (χ1v) is 5.57. The minimum atomic E-state index is 0.130. The third-order valence-corrected chi connectivity index (χ3v) is 2.80. The van der Waals surface area contributed by atoms with Crippen LogP contribution in [0.3, 0.4) is 0 Å². The molecule has 1 saturated heterocycles. The van der Waals surface area contributed by atoms with Gasteiger partial charge in [-0.05, 0) is 25.0 Å². The van der Waals surface area contributed by atoms with Crippen LogP contribution in [0.2, 0.25) is 0 Å². The highest BCUT2D eigenvalue weighted by Crippen LogP contribution is 2.12. The van der Waals surface area contributed by atoms with Crippen LogP contribution in [-0.4, -0.2) is 28.9 Å². The van der Waals surface area contributed by atoms with Crippen LogP contribution in [0.5, 0.6) is 0 Å². The van der Waals surface area contributed by atoms with E-state index in [9.17, 15) is 4.79 Å². The summed E-state index contributed by atoms with van der Waals surface area (Å²) in [5, 5.41) is 0. The quantitative estimate of drug-likeness (QED) is 0.701. The third-order valence-electron chi connectivity index (χ3n) is 2.80. The molecule has 2 heterocycles. The van der Waals surface area contributed by atoms with Crippen LogP contribution in [0.15, 0.2) is 24.5 Å². The molecule has 0 N–H and O–H groups in total. The van der Waals surface area contributed by atoms with Crippen LogP contribution in [-0.2, 0) is 0 Å². The van der Waals surface area contributed by atoms with Gasteiger partial charge in [0, 0.05) is 25.5 Å². The van der Waals surface area contributed by atoms with Crippen molar-refractivity contribution in [3.63, 3.8) is 0 Å². The molecule has 0 aromatic carbocycles. The van der Waals surface area contributed by atoms with Gasteiger partial charge >= 0.3 is 0 Å². The maximum absolute atomic E-state index is 12.0. The molecule has 15 heavy (non-hydrogen) atoms. The number of pyridine rings is 1. The zero-order valence-electron chi connectivity index (χ0n) is 8.85. The Morgan fingerprint density at radius 1 is 1.20 bits per heavy atom. The summed E-state index contributed by atoms with van der Waals surface area (Å²) in [6.45, 7) is 1.79. The summed E-state index contributed by atoms with van der Waals surface area (Å²) < 4.78 is 0. The summed E-state index contributed by atoms with van der Waals surface area (Å²) in [6.07, 6.45) is 8.10. The summed E-state index contributed by atoms with van der Waals surface area (Å²) in [6, 6.07) is 3.64. The zero-order chi connectivity index (χ0) is 10.5. The second-order valence-corrected chi connectivity index (χ2v) is 3.95. The summed E-state index contributed by atoms with van der Waals surface area (Å²) in [5.41, 5.74) is 0.708. The van der Waals surface area contributed by atoms with Crippen molar-refractivity contribution >= 4 is 5.91 Å². The van der Waals surface area contributed by atoms with Crippen molar-refractivity contribution < 1.29 is 4.79 Å². The van der Waals surface area contributed by atoms with E-state index in [-0.39, 0.29) is 5.91 Å². The van der Waals surface area contributed by atoms with Gasteiger partial charge in [0.1, 0.15) is 0 Å². The lowest BCUT2D eigenvalue weighted by atomic mass is 10.2. The molecule has 0 spiro atoms. The highest BCUT2D eigenvalue weighted by molar-refractivity contribution is 5.93. The van der Waals surface area contributed by atoms with Gasteiger partial charge in [-0.1, -0.05) is 12.8 Å². The molecule has 1 aromatic heterocycles. The van der Waals surface area contributed by atoms with Gasteiger partial charge in [-0.2, -0.15) is 0 Å². The molecule has 0 unspecified atom stereocenters. The van der Waals surface area contributed by atoms with E-state index < -0.39 is 0 Å². The first-order chi connectivity index (χ1) is 7.38. The first-order valence-electron chi connectivity index (χ1n) is 5.57. The Morgan fingerprint density at radius 2 is 1.93 bits per heavy atom. The van der Waals surface area contributed by atoms with Crippen LogP contribution in [0.1, 0.15) is 36.0 Å². The van der Waals surface area contributed by atoms with Crippen molar-refractivity contribution in [3.8, 4) is 0 Å². The number of hydrogen-bond acceptors (Lipinski definition) is 2. The minimum absolute atomic E-state index is 0.130. The minimum Gasteiger partial charge on any atom is -0.339 e. The van der Waals surface area contributed by atoms with Crippen molar-refractivity contribution in [3.05, 3.63) is 30.1 Å². The van der Waals surface area contributed by atoms with Crippen LogP contribution in [0, 0.1) is 0 Å². The summed E-state index contributed by atoms with van der Waals surface area (Å²) in [5.74, 6) is 0.130. The molecule has 0 aliphatic carbocycles. The Hall–Kier alpha value is -1.38. The highest BCUT2D eigenvalue weighted by Gasteiger charge is 2.16. The molecule has 0 bridgehead atoms. The van der Waals surface area contributed by atoms with Gasteiger partial charge in [-0.25, -0.2) is 0 Å². The standard InChI is InChI=1S/C12H16N2O/c15-12(11-6-5-7-13-10-11)14-8-3-1-2-4-9-14/h5-7,10H,1-4,8-9H2. The number of hydrogen-bond donors (Lipinski definition) is 0. The van der Waals surface area contributed by atoms with E-state index in [1.165, 1.54) is 12.8 Å². The molecule has 3 nitrogen and oxygen atoms in total. The monoisotopic (exact) mass is 204 g/mol. The molecule has 1 aliphatic heterocycles. The van der Waals surface area contributed by atoms with Gasteiger partial charge in [0.2, 0.25) is 0 Å². The number of carbonyl (C=O) groups excluding carboxylic acids is 1. The fourth-order valence-electron chi connectivity index (χ4n) is 1.95. The predicted octanol–water partition coefficient (Wildman–Crippen LogP) is 2.10. The average molecular weight is 204 g/mol. The van der Waals surface area contributed by atoms with Gasteiger partial charge in [0.15, 0.2) is 0 Å². The van der Waals surface area contributed by atoms with Gasteiger partial charge in [0.05, 0.1) is 5.56 Å². The predicted molar refractivity (Wildman–Crippen MR) is 58.6 cm³/mol. The molecule has 80 valence electrons. The van der Waals surface area contributed by atoms with Gasteiger partial charge < -0.3 is 4.90 Å². The smallest absolute Gasteiger partial charge is 0.255 e. The number of amides is 1. The lowest BCUT2D eigenvalue weighted by molar-refractivity contribution is 0.0761. The van der Waals surface area contributed by atoms with E-state index in [1.807, 2.05) is 17.0 Å². The van der Waals surface area contributed by atoms with Crippen LogP contribution >= 0.6 is 0 Å². The number of nitrogens with zero attached hydrogens (tertiary/aromatic N) is 2. The van der Waals surface area contributed by atoms with Crippen molar-refractivity contribution in [2.24, 2.45) is 0 Å². The molecule has 3 heteroatoms. The van der Waals surface area contributed by atoms with Crippen LogP contribution < -0.4 is 0 Å². The van der Waals surface area contributed by atoms with Gasteiger partial charge in [-0.15, -0.1) is 0 Å². The number of aromatic nitrogens is 1. The molecular weight excluding hydrogens is 188 g/mol. The second-order valence-electron chi connectivity index (χ2n) is 3.95. The third kappa shape index (κ3) is 2.55. The van der Waals surface area contributed by atoms with Gasteiger partial charge in [0.25, 0.3) is 5.91 Å². The van der Waals surface area contributed by atoms with E-state index in [0.29, 0.717) is 5.56 Å². The van der Waals surface area contributed by atoms with Crippen LogP contribution in [0.25, 0.3) is 0 Å². The van der Waals surface area contributed by atoms with E-state index >= 15 is 0 Å². The molecule has 1 amide bonds. The SMILES string of the molecule is O=C(c1cccnc1)N1CCCCCC1. The lowest BCUT2D eigenvalue weighted by Gasteiger charge is -2.19. The summed E-state index contributed by atoms with van der Waals surface area (Å²) in [4.78, 5) is 18.0. The maximum Gasteiger partial charge on any atom is 0.255 e. The topological polar surface area (TPSA) is 33.2 Å². The van der Waals surface area contributed by atoms with Crippen molar-refractivity contribution in [2.45, 2.75) is 25.7 Å². The molecule has 1 fully saturated rings.